The first-order valence-electron chi connectivity index (χ1n) is 11.0. The largest absolute Gasteiger partial charge is 0.457 e. The minimum atomic E-state index is -0.281. The normalized spacial score (nSPS) is 13.9. The van der Waals surface area contributed by atoms with E-state index in [1.165, 1.54) is 37.8 Å². The second kappa shape index (κ2) is 9.22. The van der Waals surface area contributed by atoms with Crippen LogP contribution in [0.3, 0.4) is 0 Å². The maximum Gasteiger partial charge on any atom is 0.225 e. The molecule has 162 valence electrons. The van der Waals surface area contributed by atoms with Crippen molar-refractivity contribution >= 4 is 22.7 Å². The number of halogens is 1. The van der Waals surface area contributed by atoms with Crippen molar-refractivity contribution < 1.29 is 9.13 Å². The third-order valence-electron chi connectivity index (χ3n) is 5.72. The summed E-state index contributed by atoms with van der Waals surface area (Å²) in [5, 5.41) is 8.02. The summed E-state index contributed by atoms with van der Waals surface area (Å²) in [5.41, 5.74) is 2.01. The van der Waals surface area contributed by atoms with Gasteiger partial charge < -0.3 is 15.4 Å². The van der Waals surface area contributed by atoms with Crippen LogP contribution in [0, 0.1) is 5.82 Å². The molecule has 0 aliphatic heterocycles. The van der Waals surface area contributed by atoms with Gasteiger partial charge in [0.25, 0.3) is 0 Å². The number of ether oxygens (including phenoxy) is 1. The van der Waals surface area contributed by atoms with Crippen LogP contribution >= 0.6 is 0 Å². The van der Waals surface area contributed by atoms with Crippen molar-refractivity contribution in [3.8, 4) is 11.5 Å². The van der Waals surface area contributed by atoms with Crippen LogP contribution in [0.1, 0.15) is 31.2 Å². The number of anilines is 2. The number of rotatable bonds is 7. The summed E-state index contributed by atoms with van der Waals surface area (Å²) >= 11 is 0. The highest BCUT2D eigenvalue weighted by Crippen LogP contribution is 2.27. The number of hydrogen-bond acceptors (Lipinski definition) is 5. The molecule has 0 spiro atoms. The van der Waals surface area contributed by atoms with Crippen molar-refractivity contribution in [1.82, 2.24) is 9.97 Å². The zero-order valence-electron chi connectivity index (χ0n) is 17.7. The molecule has 0 amide bonds. The van der Waals surface area contributed by atoms with E-state index in [1.807, 2.05) is 42.5 Å². The lowest BCUT2D eigenvalue weighted by atomic mass is 10.2. The average molecular weight is 429 g/mol. The van der Waals surface area contributed by atoms with E-state index < -0.39 is 0 Å². The summed E-state index contributed by atoms with van der Waals surface area (Å²) in [7, 11) is 0. The first-order chi connectivity index (χ1) is 15.7. The molecular formula is C26H25FN4O. The second-order valence-electron chi connectivity index (χ2n) is 8.09. The van der Waals surface area contributed by atoms with Crippen LogP contribution in [-0.4, -0.2) is 16.0 Å². The third-order valence-corrected chi connectivity index (χ3v) is 5.72. The molecular weight excluding hydrogens is 403 g/mol. The molecule has 1 aliphatic rings. The van der Waals surface area contributed by atoms with Gasteiger partial charge in [0.2, 0.25) is 5.95 Å². The van der Waals surface area contributed by atoms with Crippen molar-refractivity contribution in [2.45, 2.75) is 38.3 Å². The number of benzene rings is 3. The Bertz CT molecular complexity index is 1190. The molecule has 1 saturated carbocycles. The van der Waals surface area contributed by atoms with Crippen molar-refractivity contribution in [3.05, 3.63) is 84.2 Å². The Balaban J connectivity index is 1.27. The van der Waals surface area contributed by atoms with Gasteiger partial charge in [0, 0.05) is 18.0 Å². The van der Waals surface area contributed by atoms with Gasteiger partial charge in [0.05, 0.1) is 5.52 Å². The number of para-hydroxylation sites is 1. The number of nitrogens with one attached hydrogen (secondary N) is 2. The molecule has 6 heteroatoms. The van der Waals surface area contributed by atoms with Crippen LogP contribution in [0.25, 0.3) is 10.9 Å². The number of nitrogens with zero attached hydrogens (tertiary/aromatic N) is 2. The van der Waals surface area contributed by atoms with Crippen LogP contribution in [0.4, 0.5) is 16.2 Å². The first kappa shape index (κ1) is 20.2. The van der Waals surface area contributed by atoms with Gasteiger partial charge in [-0.15, -0.1) is 0 Å². The topological polar surface area (TPSA) is 59.1 Å². The van der Waals surface area contributed by atoms with Crippen molar-refractivity contribution in [2.24, 2.45) is 0 Å². The van der Waals surface area contributed by atoms with Crippen LogP contribution in [0.15, 0.2) is 72.8 Å². The molecule has 1 heterocycles. The Morgan fingerprint density at radius 1 is 0.844 bits per heavy atom. The van der Waals surface area contributed by atoms with E-state index in [2.05, 4.69) is 21.7 Å². The Kier molecular flexibility index (Phi) is 5.83. The summed E-state index contributed by atoms with van der Waals surface area (Å²) < 4.78 is 18.8. The van der Waals surface area contributed by atoms with Gasteiger partial charge in [0.1, 0.15) is 23.1 Å². The molecule has 32 heavy (non-hydrogen) atoms. The molecule has 0 saturated heterocycles. The summed E-state index contributed by atoms with van der Waals surface area (Å²) in [6.45, 7) is 0.595. The van der Waals surface area contributed by atoms with Gasteiger partial charge in [-0.05, 0) is 66.9 Å². The van der Waals surface area contributed by atoms with E-state index >= 15 is 0 Å². The monoisotopic (exact) mass is 428 g/mol. The molecule has 0 unspecified atom stereocenters. The summed E-state index contributed by atoms with van der Waals surface area (Å²) in [4.78, 5) is 9.46. The highest BCUT2D eigenvalue weighted by Gasteiger charge is 2.17. The van der Waals surface area contributed by atoms with Gasteiger partial charge in [-0.1, -0.05) is 37.1 Å². The predicted molar refractivity (Wildman–Crippen MR) is 126 cm³/mol. The maximum absolute atomic E-state index is 13.0. The van der Waals surface area contributed by atoms with Gasteiger partial charge >= 0.3 is 0 Å². The maximum atomic E-state index is 13.0. The standard InChI is InChI=1S/C26H25FN4O/c27-19-11-15-22(16-12-19)32-21-13-9-18(10-14-21)17-28-26-30-24-8-4-3-7-23(24)25(31-26)29-20-5-1-2-6-20/h3-4,7-16,20H,1-2,5-6,17H2,(H2,28,29,30,31). The summed E-state index contributed by atoms with van der Waals surface area (Å²) in [6, 6.07) is 22.3. The molecule has 3 aromatic carbocycles. The zero-order valence-corrected chi connectivity index (χ0v) is 17.7. The molecule has 1 fully saturated rings. The average Bonchev–Trinajstić information content (AvgIpc) is 3.33. The molecule has 1 aromatic heterocycles. The quantitative estimate of drug-likeness (QED) is 0.351. The van der Waals surface area contributed by atoms with Crippen molar-refractivity contribution in [2.75, 3.05) is 10.6 Å². The molecule has 2 N–H and O–H groups in total. The molecule has 0 atom stereocenters. The molecule has 5 rings (SSSR count). The van der Waals surface area contributed by atoms with Crippen LogP contribution < -0.4 is 15.4 Å². The van der Waals surface area contributed by atoms with Crippen LogP contribution in [0.2, 0.25) is 0 Å². The van der Waals surface area contributed by atoms with E-state index in [1.54, 1.807) is 12.1 Å². The Hall–Kier alpha value is -3.67. The fourth-order valence-corrected chi connectivity index (χ4v) is 4.02. The fourth-order valence-electron chi connectivity index (χ4n) is 4.02. The predicted octanol–water partition coefficient (Wildman–Crippen LogP) is 6.53. The summed E-state index contributed by atoms with van der Waals surface area (Å²) in [6.07, 6.45) is 4.92. The van der Waals surface area contributed by atoms with Crippen molar-refractivity contribution in [1.29, 1.82) is 0 Å². The van der Waals surface area contributed by atoms with Gasteiger partial charge in [0.15, 0.2) is 0 Å². The molecule has 4 aromatic rings. The minimum absolute atomic E-state index is 0.281. The Morgan fingerprint density at radius 3 is 2.28 bits per heavy atom. The van der Waals surface area contributed by atoms with E-state index in [0.717, 1.165) is 22.3 Å². The molecule has 0 bridgehead atoms. The highest BCUT2D eigenvalue weighted by molar-refractivity contribution is 5.90. The summed E-state index contributed by atoms with van der Waals surface area (Å²) in [5.74, 6) is 2.52. The molecule has 1 aliphatic carbocycles. The van der Waals surface area contributed by atoms with E-state index in [0.29, 0.717) is 30.0 Å². The SMILES string of the molecule is Fc1ccc(Oc2ccc(CNc3nc(NC4CCCC4)c4ccccc4n3)cc2)cc1. The Morgan fingerprint density at radius 2 is 1.53 bits per heavy atom. The Labute approximate surface area is 186 Å². The van der Waals surface area contributed by atoms with Gasteiger partial charge in [-0.3, -0.25) is 0 Å². The highest BCUT2D eigenvalue weighted by atomic mass is 19.1. The molecule has 0 radical (unpaired) electrons. The lowest BCUT2D eigenvalue weighted by Gasteiger charge is -2.16. The lowest BCUT2D eigenvalue weighted by molar-refractivity contribution is 0.480. The van der Waals surface area contributed by atoms with Crippen molar-refractivity contribution in [3.63, 3.8) is 0 Å². The minimum Gasteiger partial charge on any atom is -0.457 e. The molecule has 5 nitrogen and oxygen atoms in total. The van der Waals surface area contributed by atoms with E-state index in [-0.39, 0.29) is 5.82 Å². The van der Waals surface area contributed by atoms with Crippen LogP contribution in [-0.2, 0) is 6.54 Å². The van der Waals surface area contributed by atoms with Gasteiger partial charge in [-0.2, -0.15) is 4.98 Å². The van der Waals surface area contributed by atoms with E-state index in [9.17, 15) is 4.39 Å². The third kappa shape index (κ3) is 4.80. The fraction of sp³-hybridized carbons (Fsp3) is 0.231. The number of aromatic nitrogens is 2. The number of fused-ring (bicyclic) bond motifs is 1. The van der Waals surface area contributed by atoms with Crippen LogP contribution in [0.5, 0.6) is 11.5 Å². The smallest absolute Gasteiger partial charge is 0.225 e. The van der Waals surface area contributed by atoms with E-state index in [4.69, 9.17) is 9.72 Å². The second-order valence-corrected chi connectivity index (χ2v) is 8.09. The first-order valence-corrected chi connectivity index (χ1v) is 11.0. The van der Waals surface area contributed by atoms with Gasteiger partial charge in [-0.25, -0.2) is 9.37 Å². The zero-order chi connectivity index (χ0) is 21.8. The number of hydrogen-bond donors (Lipinski definition) is 2. The lowest BCUT2D eigenvalue weighted by Crippen LogP contribution is -2.17.